The first-order chi connectivity index (χ1) is 6.76. The van der Waals surface area contributed by atoms with Gasteiger partial charge in [0.25, 0.3) is 0 Å². The van der Waals surface area contributed by atoms with Crippen LogP contribution < -0.4 is 5.32 Å². The van der Waals surface area contributed by atoms with Crippen LogP contribution in [0.25, 0.3) is 0 Å². The molecular weight excluding hydrogens is 174 g/mol. The van der Waals surface area contributed by atoms with E-state index in [2.05, 4.69) is 19.3 Å². The summed E-state index contributed by atoms with van der Waals surface area (Å²) in [6.07, 6.45) is 8.64. The van der Waals surface area contributed by atoms with Crippen LogP contribution in [0.4, 0.5) is 0 Å². The molecule has 0 radical (unpaired) electrons. The SMILES string of the molecule is CNC(CC1CCCC1)CC(C)OC. The molecule has 2 atom stereocenters. The van der Waals surface area contributed by atoms with E-state index in [1.54, 1.807) is 7.11 Å². The summed E-state index contributed by atoms with van der Waals surface area (Å²) in [5, 5.41) is 3.41. The maximum Gasteiger partial charge on any atom is 0.0558 e. The Kier molecular flexibility index (Phi) is 5.49. The second kappa shape index (κ2) is 6.41. The fraction of sp³-hybridized carbons (Fsp3) is 1.00. The highest BCUT2D eigenvalue weighted by molar-refractivity contribution is 4.76. The zero-order valence-electron chi connectivity index (χ0n) is 9.88. The van der Waals surface area contributed by atoms with Crippen LogP contribution in [-0.2, 0) is 4.74 Å². The molecule has 0 heterocycles. The quantitative estimate of drug-likeness (QED) is 0.710. The minimum Gasteiger partial charge on any atom is -0.382 e. The van der Waals surface area contributed by atoms with Crippen LogP contribution in [0.2, 0.25) is 0 Å². The zero-order valence-corrected chi connectivity index (χ0v) is 9.88. The van der Waals surface area contributed by atoms with Crippen molar-refractivity contribution in [3.8, 4) is 0 Å². The topological polar surface area (TPSA) is 21.3 Å². The lowest BCUT2D eigenvalue weighted by Crippen LogP contribution is -2.31. The highest BCUT2D eigenvalue weighted by Gasteiger charge is 2.20. The molecular formula is C12H25NO. The Morgan fingerprint density at radius 2 is 2.00 bits per heavy atom. The molecule has 0 spiro atoms. The van der Waals surface area contributed by atoms with E-state index in [0.717, 1.165) is 12.3 Å². The molecule has 1 saturated carbocycles. The number of methoxy groups -OCH3 is 1. The summed E-state index contributed by atoms with van der Waals surface area (Å²) in [6, 6.07) is 0.646. The molecule has 2 unspecified atom stereocenters. The number of hydrogen-bond donors (Lipinski definition) is 1. The third-order valence-electron chi connectivity index (χ3n) is 3.52. The first kappa shape index (κ1) is 12.0. The van der Waals surface area contributed by atoms with Crippen molar-refractivity contribution in [2.24, 2.45) is 5.92 Å². The maximum absolute atomic E-state index is 5.31. The van der Waals surface area contributed by atoms with Gasteiger partial charge in [-0.15, -0.1) is 0 Å². The Labute approximate surface area is 88.4 Å². The molecule has 0 amide bonds. The van der Waals surface area contributed by atoms with Crippen molar-refractivity contribution in [3.05, 3.63) is 0 Å². The Balaban J connectivity index is 2.22. The average Bonchev–Trinajstić information content (AvgIpc) is 2.69. The maximum atomic E-state index is 5.31. The third kappa shape index (κ3) is 3.97. The van der Waals surface area contributed by atoms with Crippen molar-refractivity contribution in [2.45, 2.75) is 57.6 Å². The Bertz CT molecular complexity index is 143. The van der Waals surface area contributed by atoms with Crippen LogP contribution >= 0.6 is 0 Å². The van der Waals surface area contributed by atoms with Crippen molar-refractivity contribution < 1.29 is 4.74 Å². The van der Waals surface area contributed by atoms with E-state index in [0.29, 0.717) is 12.1 Å². The molecule has 1 aliphatic carbocycles. The Hall–Kier alpha value is -0.0800. The minimum absolute atomic E-state index is 0.383. The van der Waals surface area contributed by atoms with Crippen molar-refractivity contribution in [3.63, 3.8) is 0 Å². The average molecular weight is 199 g/mol. The van der Waals surface area contributed by atoms with Gasteiger partial charge in [0, 0.05) is 13.2 Å². The smallest absolute Gasteiger partial charge is 0.0558 e. The van der Waals surface area contributed by atoms with E-state index in [1.165, 1.54) is 32.1 Å². The van der Waals surface area contributed by atoms with Crippen LogP contribution in [-0.4, -0.2) is 26.3 Å². The zero-order chi connectivity index (χ0) is 10.4. The summed E-state index contributed by atoms with van der Waals surface area (Å²) in [4.78, 5) is 0. The van der Waals surface area contributed by atoms with Crippen LogP contribution in [0.5, 0.6) is 0 Å². The van der Waals surface area contributed by atoms with Gasteiger partial charge in [-0.2, -0.15) is 0 Å². The molecule has 0 bridgehead atoms. The molecule has 84 valence electrons. The largest absolute Gasteiger partial charge is 0.382 e. The van der Waals surface area contributed by atoms with Gasteiger partial charge < -0.3 is 10.1 Å². The molecule has 1 rings (SSSR count). The van der Waals surface area contributed by atoms with Crippen molar-refractivity contribution >= 4 is 0 Å². The molecule has 1 N–H and O–H groups in total. The van der Waals surface area contributed by atoms with Crippen molar-refractivity contribution in [1.29, 1.82) is 0 Å². The first-order valence-corrected chi connectivity index (χ1v) is 5.96. The molecule has 1 aliphatic rings. The molecule has 1 fully saturated rings. The lowest BCUT2D eigenvalue weighted by Gasteiger charge is -2.22. The number of ether oxygens (including phenoxy) is 1. The van der Waals surface area contributed by atoms with Gasteiger partial charge in [-0.1, -0.05) is 25.7 Å². The van der Waals surface area contributed by atoms with E-state index in [1.807, 2.05) is 0 Å². The second-order valence-electron chi connectivity index (χ2n) is 4.65. The standard InChI is InChI=1S/C12H25NO/c1-10(14-3)8-12(13-2)9-11-6-4-5-7-11/h10-13H,4-9H2,1-3H3. The number of nitrogens with one attached hydrogen (secondary N) is 1. The van der Waals surface area contributed by atoms with Gasteiger partial charge in [-0.3, -0.25) is 0 Å². The summed E-state index contributed by atoms with van der Waals surface area (Å²) in [6.45, 7) is 2.15. The predicted molar refractivity (Wildman–Crippen MR) is 60.5 cm³/mol. The molecule has 14 heavy (non-hydrogen) atoms. The summed E-state index contributed by atoms with van der Waals surface area (Å²) in [5.41, 5.74) is 0. The summed E-state index contributed by atoms with van der Waals surface area (Å²) in [7, 11) is 3.87. The van der Waals surface area contributed by atoms with Crippen LogP contribution in [0.15, 0.2) is 0 Å². The van der Waals surface area contributed by atoms with E-state index >= 15 is 0 Å². The highest BCUT2D eigenvalue weighted by atomic mass is 16.5. The fourth-order valence-electron chi connectivity index (χ4n) is 2.48. The van der Waals surface area contributed by atoms with Gasteiger partial charge in [-0.05, 0) is 32.7 Å². The molecule has 0 aromatic heterocycles. The number of rotatable bonds is 6. The third-order valence-corrected chi connectivity index (χ3v) is 3.52. The predicted octanol–water partition coefficient (Wildman–Crippen LogP) is 2.58. The molecule has 2 nitrogen and oxygen atoms in total. The van der Waals surface area contributed by atoms with Crippen LogP contribution in [0.3, 0.4) is 0 Å². The number of hydrogen-bond acceptors (Lipinski definition) is 2. The van der Waals surface area contributed by atoms with Gasteiger partial charge in [-0.25, -0.2) is 0 Å². The van der Waals surface area contributed by atoms with Gasteiger partial charge in [0.2, 0.25) is 0 Å². The Morgan fingerprint density at radius 3 is 2.50 bits per heavy atom. The summed E-state index contributed by atoms with van der Waals surface area (Å²) < 4.78 is 5.31. The molecule has 0 saturated heterocycles. The molecule has 0 aromatic rings. The van der Waals surface area contributed by atoms with Crippen LogP contribution in [0, 0.1) is 5.92 Å². The lowest BCUT2D eigenvalue weighted by atomic mass is 9.95. The molecule has 0 aliphatic heterocycles. The summed E-state index contributed by atoms with van der Waals surface area (Å²) in [5.74, 6) is 0.969. The minimum atomic E-state index is 0.383. The monoisotopic (exact) mass is 199 g/mol. The van der Waals surface area contributed by atoms with E-state index in [-0.39, 0.29) is 0 Å². The Morgan fingerprint density at radius 1 is 1.36 bits per heavy atom. The van der Waals surface area contributed by atoms with Crippen molar-refractivity contribution in [1.82, 2.24) is 5.32 Å². The van der Waals surface area contributed by atoms with Crippen LogP contribution in [0.1, 0.15) is 45.4 Å². The lowest BCUT2D eigenvalue weighted by molar-refractivity contribution is 0.0980. The highest BCUT2D eigenvalue weighted by Crippen LogP contribution is 2.29. The van der Waals surface area contributed by atoms with Crippen molar-refractivity contribution in [2.75, 3.05) is 14.2 Å². The fourth-order valence-corrected chi connectivity index (χ4v) is 2.48. The van der Waals surface area contributed by atoms with Gasteiger partial charge in [0.05, 0.1) is 6.10 Å². The van der Waals surface area contributed by atoms with E-state index in [4.69, 9.17) is 4.74 Å². The first-order valence-electron chi connectivity index (χ1n) is 5.96. The van der Waals surface area contributed by atoms with E-state index < -0.39 is 0 Å². The second-order valence-corrected chi connectivity index (χ2v) is 4.65. The van der Waals surface area contributed by atoms with Gasteiger partial charge >= 0.3 is 0 Å². The van der Waals surface area contributed by atoms with E-state index in [9.17, 15) is 0 Å². The van der Waals surface area contributed by atoms with Gasteiger partial charge in [0.1, 0.15) is 0 Å². The van der Waals surface area contributed by atoms with Gasteiger partial charge in [0.15, 0.2) is 0 Å². The molecule has 2 heteroatoms. The molecule has 0 aromatic carbocycles. The summed E-state index contributed by atoms with van der Waals surface area (Å²) >= 11 is 0. The normalized spacial score (nSPS) is 22.5.